The van der Waals surface area contributed by atoms with E-state index in [1.54, 1.807) is 6.07 Å². The summed E-state index contributed by atoms with van der Waals surface area (Å²) in [5, 5.41) is 4.79. The Morgan fingerprint density at radius 2 is 1.86 bits per heavy atom. The zero-order valence-corrected chi connectivity index (χ0v) is 12.6. The first-order chi connectivity index (χ1) is 10.5. The number of hydrogen-bond acceptors (Lipinski definition) is 3. The van der Waals surface area contributed by atoms with Gasteiger partial charge in [-0.2, -0.15) is 0 Å². The Labute approximate surface area is 127 Å². The van der Waals surface area contributed by atoms with Crippen LogP contribution in [0.15, 0.2) is 30.3 Å². The largest absolute Gasteiger partial charge is 0.424 e. The first-order valence-corrected chi connectivity index (χ1v) is 6.97. The number of aromatic amines is 1. The number of aromatic nitrogens is 1. The highest BCUT2D eigenvalue weighted by atomic mass is 16.5. The van der Waals surface area contributed by atoms with Gasteiger partial charge in [-0.15, -0.1) is 0 Å². The van der Waals surface area contributed by atoms with Crippen LogP contribution in [0.2, 0.25) is 0 Å². The highest BCUT2D eigenvalue weighted by Gasteiger charge is 2.15. The maximum absolute atomic E-state index is 11.5. The molecule has 1 amide bonds. The molecule has 5 nitrogen and oxygen atoms in total. The smallest absolute Gasteiger partial charge is 0.308 e. The first-order valence-electron chi connectivity index (χ1n) is 6.97. The Bertz CT molecular complexity index is 909. The highest BCUT2D eigenvalue weighted by molar-refractivity contribution is 6.14. The van der Waals surface area contributed by atoms with Crippen LogP contribution in [0.4, 0.5) is 5.69 Å². The maximum atomic E-state index is 11.5. The second-order valence-corrected chi connectivity index (χ2v) is 5.31. The van der Waals surface area contributed by atoms with Gasteiger partial charge in [-0.3, -0.25) is 9.59 Å². The van der Waals surface area contributed by atoms with Crippen LogP contribution >= 0.6 is 0 Å². The van der Waals surface area contributed by atoms with Gasteiger partial charge in [-0.1, -0.05) is 11.6 Å². The van der Waals surface area contributed by atoms with Gasteiger partial charge in [0, 0.05) is 30.1 Å². The van der Waals surface area contributed by atoms with Crippen molar-refractivity contribution < 1.29 is 14.3 Å². The average Bonchev–Trinajstić information content (AvgIpc) is 2.78. The number of fused-ring (bicyclic) bond motifs is 3. The zero-order chi connectivity index (χ0) is 15.9. The van der Waals surface area contributed by atoms with E-state index in [0.717, 1.165) is 27.4 Å². The fourth-order valence-electron chi connectivity index (χ4n) is 2.60. The lowest BCUT2D eigenvalue weighted by molar-refractivity contribution is -0.131. The number of hydrogen-bond donors (Lipinski definition) is 2. The van der Waals surface area contributed by atoms with Crippen molar-refractivity contribution in [1.29, 1.82) is 0 Å². The molecule has 2 N–H and O–H groups in total. The molecule has 5 heteroatoms. The third-order valence-electron chi connectivity index (χ3n) is 3.45. The van der Waals surface area contributed by atoms with E-state index in [0.29, 0.717) is 11.4 Å². The minimum Gasteiger partial charge on any atom is -0.424 e. The van der Waals surface area contributed by atoms with Crippen molar-refractivity contribution in [2.24, 2.45) is 0 Å². The van der Waals surface area contributed by atoms with Crippen molar-refractivity contribution in [3.05, 3.63) is 35.9 Å². The van der Waals surface area contributed by atoms with Crippen LogP contribution in [0, 0.1) is 6.92 Å². The van der Waals surface area contributed by atoms with Crippen molar-refractivity contribution in [2.45, 2.75) is 20.8 Å². The Kier molecular flexibility index (Phi) is 3.33. The van der Waals surface area contributed by atoms with E-state index in [1.807, 2.05) is 25.1 Å². The lowest BCUT2D eigenvalue weighted by Crippen LogP contribution is -2.10. The van der Waals surface area contributed by atoms with Gasteiger partial charge in [0.25, 0.3) is 0 Å². The number of H-pyrrole nitrogens is 1. The summed E-state index contributed by atoms with van der Waals surface area (Å²) >= 11 is 0. The summed E-state index contributed by atoms with van der Waals surface area (Å²) in [6.45, 7) is 4.78. The summed E-state index contributed by atoms with van der Waals surface area (Å²) < 4.78 is 5.20. The summed E-state index contributed by atoms with van der Waals surface area (Å²) in [5.41, 5.74) is 3.34. The monoisotopic (exact) mass is 296 g/mol. The van der Waals surface area contributed by atoms with E-state index in [4.69, 9.17) is 4.74 Å². The van der Waals surface area contributed by atoms with E-state index in [1.165, 1.54) is 13.8 Å². The zero-order valence-electron chi connectivity index (χ0n) is 12.6. The van der Waals surface area contributed by atoms with Gasteiger partial charge in [0.1, 0.15) is 5.69 Å². The van der Waals surface area contributed by atoms with Crippen LogP contribution in [-0.2, 0) is 9.59 Å². The Balaban J connectivity index is 2.32. The molecule has 2 aromatic carbocycles. The normalized spacial score (nSPS) is 10.9. The highest BCUT2D eigenvalue weighted by Crippen LogP contribution is 2.37. The molecule has 112 valence electrons. The molecule has 0 aliphatic heterocycles. The molecule has 3 rings (SSSR count). The molecule has 0 fully saturated rings. The predicted molar refractivity (Wildman–Crippen MR) is 86.2 cm³/mol. The minimum atomic E-state index is -0.432. The van der Waals surface area contributed by atoms with Crippen LogP contribution in [0.25, 0.3) is 21.8 Å². The van der Waals surface area contributed by atoms with Crippen LogP contribution < -0.4 is 10.1 Å². The molecule has 0 spiro atoms. The molecule has 0 radical (unpaired) electrons. The van der Waals surface area contributed by atoms with E-state index in [9.17, 15) is 9.59 Å². The number of ether oxygens (including phenoxy) is 1. The number of carbonyl (C=O) groups is 2. The van der Waals surface area contributed by atoms with Crippen LogP contribution in [0.5, 0.6) is 5.75 Å². The number of amides is 1. The standard InChI is InChI=1S/C17H16N2O3/c1-9-4-6-14-13(8-9)12-5-7-15(22-11(3)21)17(16(12)19-14)18-10(2)20/h4-8,19H,1-3H3,(H,18,20). The molecular weight excluding hydrogens is 280 g/mol. The van der Waals surface area contributed by atoms with Crippen LogP contribution in [0.3, 0.4) is 0 Å². The third-order valence-corrected chi connectivity index (χ3v) is 3.45. The van der Waals surface area contributed by atoms with E-state index in [2.05, 4.69) is 16.4 Å². The van der Waals surface area contributed by atoms with Gasteiger partial charge in [0.05, 0.1) is 5.52 Å². The molecule has 0 aliphatic carbocycles. The lowest BCUT2D eigenvalue weighted by atomic mass is 10.1. The molecule has 0 aliphatic rings. The first kappa shape index (κ1) is 14.1. The number of anilines is 1. The van der Waals surface area contributed by atoms with Crippen molar-refractivity contribution in [3.8, 4) is 5.75 Å². The second kappa shape index (κ2) is 5.18. The van der Waals surface area contributed by atoms with Gasteiger partial charge in [0.2, 0.25) is 5.91 Å². The van der Waals surface area contributed by atoms with E-state index >= 15 is 0 Å². The van der Waals surface area contributed by atoms with E-state index in [-0.39, 0.29) is 5.91 Å². The number of nitrogens with one attached hydrogen (secondary N) is 2. The molecule has 0 saturated carbocycles. The quantitative estimate of drug-likeness (QED) is 0.561. The Morgan fingerprint density at radius 1 is 1.09 bits per heavy atom. The number of rotatable bonds is 2. The maximum Gasteiger partial charge on any atom is 0.308 e. The fraction of sp³-hybridized carbons (Fsp3) is 0.176. The van der Waals surface area contributed by atoms with Gasteiger partial charge < -0.3 is 15.0 Å². The number of benzene rings is 2. The van der Waals surface area contributed by atoms with Crippen molar-refractivity contribution in [3.63, 3.8) is 0 Å². The molecule has 0 saturated heterocycles. The summed E-state index contributed by atoms with van der Waals surface area (Å²) in [7, 11) is 0. The number of aryl methyl sites for hydroxylation is 1. The summed E-state index contributed by atoms with van der Waals surface area (Å²) in [6, 6.07) is 9.68. The topological polar surface area (TPSA) is 71.2 Å². The molecular formula is C17H16N2O3. The van der Waals surface area contributed by atoms with Crippen molar-refractivity contribution in [2.75, 3.05) is 5.32 Å². The molecule has 1 aromatic heterocycles. The van der Waals surface area contributed by atoms with Gasteiger partial charge in [-0.25, -0.2) is 0 Å². The number of esters is 1. The van der Waals surface area contributed by atoms with Crippen LogP contribution in [0.1, 0.15) is 19.4 Å². The van der Waals surface area contributed by atoms with Crippen molar-refractivity contribution >= 4 is 39.4 Å². The van der Waals surface area contributed by atoms with Gasteiger partial charge in [-0.05, 0) is 31.2 Å². The molecule has 0 atom stereocenters. The summed E-state index contributed by atoms with van der Waals surface area (Å²) in [4.78, 5) is 26.0. The molecule has 3 aromatic rings. The molecule has 1 heterocycles. The van der Waals surface area contributed by atoms with Crippen LogP contribution in [-0.4, -0.2) is 16.9 Å². The number of carbonyl (C=O) groups excluding carboxylic acids is 2. The lowest BCUT2D eigenvalue weighted by Gasteiger charge is -2.10. The summed E-state index contributed by atoms with van der Waals surface area (Å²) in [5.74, 6) is -0.327. The Hall–Kier alpha value is -2.82. The Morgan fingerprint density at radius 3 is 2.55 bits per heavy atom. The second-order valence-electron chi connectivity index (χ2n) is 5.31. The molecule has 22 heavy (non-hydrogen) atoms. The summed E-state index contributed by atoms with van der Waals surface area (Å²) in [6.07, 6.45) is 0. The predicted octanol–water partition coefficient (Wildman–Crippen LogP) is 3.51. The molecule has 0 bridgehead atoms. The van der Waals surface area contributed by atoms with Crippen molar-refractivity contribution in [1.82, 2.24) is 4.98 Å². The van der Waals surface area contributed by atoms with Gasteiger partial charge >= 0.3 is 5.97 Å². The van der Waals surface area contributed by atoms with E-state index < -0.39 is 5.97 Å². The third kappa shape index (κ3) is 2.41. The average molecular weight is 296 g/mol. The minimum absolute atomic E-state index is 0.226. The molecule has 0 unspecified atom stereocenters. The van der Waals surface area contributed by atoms with Gasteiger partial charge in [0.15, 0.2) is 5.75 Å². The SMILES string of the molecule is CC(=O)Nc1c(OC(C)=O)ccc2c1[nH]c1ccc(C)cc12. The fourth-order valence-corrected chi connectivity index (χ4v) is 2.60.